The minimum absolute atomic E-state index is 0.0276. The quantitative estimate of drug-likeness (QED) is 0.0505. The number of fused-ring (bicyclic) bond motifs is 4. The standard InChI is InChI=1S/C38H58ClNO9.C35H54ClNO9.C7H8O3S.C4H8O/c1-12-28-38(10,49-36(7,8)47-28)33-24(6)31-20(2)18-37(9,48-31)32(22(4)29(41)23(5)34(43)45-33)46-35-30(42)27(17-21(3)44-35)40(11)19-25-13-15-26(39)16-14-25;1-10-26(38)35(8,42)31-22(6)29-18(2)16-34(7,46-29)30(20(4)27(39)21(5)32(41)44-31)45-33-28(40)25(15-19(3)43-33)37(9)17-23-11-13-24(36)14-12-23;1-6-2-4-7(5-3-6)11(8,9)10;1-2-4-5-3-1/h13-16,20-24,27-28,30-33,35,42H,12,17-19H2,1-11H3;11-14,18-22,25-26,28-31,33,38,40,42H,10,15-17H2,1-9H3;2-5H,1H3,(H,8,9,10);1-4H2/t20?,21?,22-,23+,24-,27?,28+,30?,31?,32-,33+,35-,37-,38+;18?,19?,20-,21+,22-,25?,26+,28?,29?,30-,31+,33-,34-,35+;;/m00../s1. The van der Waals surface area contributed by atoms with Gasteiger partial charge in [-0.05, 0) is 201 Å². The summed E-state index contributed by atoms with van der Waals surface area (Å²) in [6.07, 6.45) is -4.78. The highest BCUT2D eigenvalue weighted by atomic mass is 35.5. The van der Waals surface area contributed by atoms with E-state index < -0.39 is 147 Å². The summed E-state index contributed by atoms with van der Waals surface area (Å²) in [5, 5.41) is 47.0. The minimum atomic E-state index is -4.02. The number of Topliss-reactive ketones (excluding diaryl/α,β-unsaturated/α-hetero) is 2. The largest absolute Gasteiger partial charge is 0.458 e. The second-order valence-corrected chi connectivity index (χ2v) is 36.6. The Bertz CT molecular complexity index is 3660. The first-order valence-corrected chi connectivity index (χ1v) is 42.0. The Morgan fingerprint density at radius 1 is 0.622 bits per heavy atom. The first-order valence-electron chi connectivity index (χ1n) is 39.8. The molecule has 626 valence electrons. The lowest BCUT2D eigenvalue weighted by Gasteiger charge is -2.46. The zero-order valence-corrected chi connectivity index (χ0v) is 71.3. The van der Waals surface area contributed by atoms with Gasteiger partial charge < -0.3 is 72.5 Å². The zero-order valence-electron chi connectivity index (χ0n) is 69.0. The predicted molar refractivity (Wildman–Crippen MR) is 419 cm³/mol. The van der Waals surface area contributed by atoms with Crippen LogP contribution >= 0.6 is 23.2 Å². The maximum Gasteiger partial charge on any atom is 0.316 e. The van der Waals surface area contributed by atoms with Gasteiger partial charge in [0.2, 0.25) is 0 Å². The lowest BCUT2D eigenvalue weighted by atomic mass is 9.76. The molecule has 0 saturated carbocycles. The van der Waals surface area contributed by atoms with Crippen LogP contribution in [-0.4, -0.2) is 220 Å². The molecule has 3 aromatic carbocycles. The smallest absolute Gasteiger partial charge is 0.316 e. The first-order chi connectivity index (χ1) is 51.7. The summed E-state index contributed by atoms with van der Waals surface area (Å²) in [5.41, 5.74) is -1.63. The van der Waals surface area contributed by atoms with E-state index in [0.29, 0.717) is 55.2 Å². The van der Waals surface area contributed by atoms with Gasteiger partial charge in [0.25, 0.3) is 10.1 Å². The van der Waals surface area contributed by atoms with E-state index in [0.717, 1.165) is 29.9 Å². The van der Waals surface area contributed by atoms with E-state index in [4.69, 9.17) is 79.9 Å². The zero-order chi connectivity index (χ0) is 82.5. The topological polar surface area (TPSA) is 312 Å². The number of esters is 2. The highest BCUT2D eigenvalue weighted by Crippen LogP contribution is 2.52. The molecule has 111 heavy (non-hydrogen) atoms. The molecule has 0 radical (unpaired) electrons. The van der Waals surface area contributed by atoms with Crippen LogP contribution in [0.5, 0.6) is 0 Å². The molecule has 8 aliphatic heterocycles. The molecule has 8 heterocycles. The molecule has 3 aromatic rings. The van der Waals surface area contributed by atoms with Crippen molar-refractivity contribution < 1.29 is 105 Å². The molecule has 8 saturated heterocycles. The molecule has 10 unspecified atom stereocenters. The van der Waals surface area contributed by atoms with Gasteiger partial charge >= 0.3 is 11.9 Å². The van der Waals surface area contributed by atoms with E-state index in [9.17, 15) is 48.0 Å². The fraction of sp³-hybridized carbons (Fsp3) is 0.738. The fourth-order valence-electron chi connectivity index (χ4n) is 18.4. The normalized spacial score (nSPS) is 38.9. The van der Waals surface area contributed by atoms with Crippen molar-refractivity contribution in [1.82, 2.24) is 9.80 Å². The lowest BCUT2D eigenvalue weighted by Crippen LogP contribution is -2.58. The maximum atomic E-state index is 14.2. The number of cyclic esters (lactones) is 2. The highest BCUT2D eigenvalue weighted by molar-refractivity contribution is 7.85. The van der Waals surface area contributed by atoms with Crippen molar-refractivity contribution in [3.63, 3.8) is 0 Å². The summed E-state index contributed by atoms with van der Waals surface area (Å²) in [6.45, 7) is 38.2. The number of hydrogen-bond donors (Lipinski definition) is 5. The van der Waals surface area contributed by atoms with Gasteiger partial charge in [0.1, 0.15) is 47.5 Å². The van der Waals surface area contributed by atoms with Gasteiger partial charge in [0.15, 0.2) is 29.9 Å². The molecule has 5 N–H and O–H groups in total. The number of aryl methyl sites for hydroxylation is 1. The molecule has 0 aliphatic carbocycles. The van der Waals surface area contributed by atoms with Crippen molar-refractivity contribution in [1.29, 1.82) is 0 Å². The molecule has 27 heteroatoms. The first kappa shape index (κ1) is 92.3. The van der Waals surface area contributed by atoms with Gasteiger partial charge in [-0.15, -0.1) is 0 Å². The minimum Gasteiger partial charge on any atom is -0.458 e. The van der Waals surface area contributed by atoms with Crippen molar-refractivity contribution in [2.45, 2.75) is 327 Å². The van der Waals surface area contributed by atoms with Crippen LogP contribution in [-0.2, 0) is 94.5 Å². The van der Waals surface area contributed by atoms with Crippen LogP contribution in [0.25, 0.3) is 0 Å². The SMILES string of the molecule is C1CCOC1.CC[C@@H](O)[C@@](C)(O)[C@@H]1OC(=O)[C@H](C)C(=O)[C@H](C)[C@H](O[C@@H]2OC(C)CC(N(C)Cc3ccc(Cl)cc3)C2O)[C@]2(C)CC(C)C(O2)[C@@H]1C.CC[C@H]1OC(C)(C)O[C@@]1(C)[C@@H]1OC(=O)[C@H](C)C(=O)[C@H](C)[C@H](O[C@@H]2OC(C)CC(N(C)Cc3ccc(Cl)cc3)C2O)[C@]2(C)CC(C)C(O2)[C@@H]1C.Cc1ccc(S(=O)(=O)O)cc1. The molecule has 28 atom stereocenters. The van der Waals surface area contributed by atoms with Gasteiger partial charge in [-0.25, -0.2) is 0 Å². The van der Waals surface area contributed by atoms with Crippen LogP contribution in [0.3, 0.4) is 0 Å². The average molecular weight is 1620 g/mol. The van der Waals surface area contributed by atoms with Crippen LogP contribution in [0.1, 0.15) is 193 Å². The predicted octanol–water partition coefficient (Wildman–Crippen LogP) is 12.1. The Kier molecular flexibility index (Phi) is 31.7. The average Bonchev–Trinajstić information content (AvgIpc) is 1.59. The number of hydrogen-bond acceptors (Lipinski definition) is 23. The molecular weight excluding hydrogens is 1490 g/mol. The molecule has 11 rings (SSSR count). The number of likely N-dealkylation sites (N-methyl/N-ethyl adjacent to an activating group) is 2. The lowest BCUT2D eigenvalue weighted by molar-refractivity contribution is -0.296. The number of aliphatic hydroxyl groups is 4. The number of aliphatic hydroxyl groups excluding tert-OH is 3. The summed E-state index contributed by atoms with van der Waals surface area (Å²) in [5.74, 6) is -7.72. The van der Waals surface area contributed by atoms with E-state index in [-0.39, 0.29) is 71.4 Å². The van der Waals surface area contributed by atoms with Crippen molar-refractivity contribution >= 4 is 56.8 Å². The van der Waals surface area contributed by atoms with E-state index >= 15 is 0 Å². The van der Waals surface area contributed by atoms with Crippen molar-refractivity contribution in [2.75, 3.05) is 27.3 Å². The number of ether oxygens (including phenoxy) is 11. The van der Waals surface area contributed by atoms with Crippen LogP contribution in [0.2, 0.25) is 10.0 Å². The highest BCUT2D eigenvalue weighted by Gasteiger charge is 2.63. The monoisotopic (exact) mass is 1620 g/mol. The second kappa shape index (κ2) is 38.0. The summed E-state index contributed by atoms with van der Waals surface area (Å²) in [4.78, 5) is 59.5. The third-order valence-electron chi connectivity index (χ3n) is 24.3. The van der Waals surface area contributed by atoms with Crippen LogP contribution in [0.15, 0.2) is 77.7 Å². The Hall–Kier alpha value is -4.17. The fourth-order valence-corrected chi connectivity index (χ4v) is 19.1. The molecule has 0 spiro atoms. The van der Waals surface area contributed by atoms with Gasteiger partial charge in [0.05, 0.1) is 64.9 Å². The third-order valence-corrected chi connectivity index (χ3v) is 25.7. The third kappa shape index (κ3) is 22.0. The molecule has 4 bridgehead atoms. The summed E-state index contributed by atoms with van der Waals surface area (Å²) >= 11 is 12.2. The number of ketones is 2. The number of rotatable bonds is 16. The van der Waals surface area contributed by atoms with E-state index in [1.54, 1.807) is 39.8 Å². The molecule has 8 aliphatic rings. The van der Waals surface area contributed by atoms with E-state index in [2.05, 4.69) is 16.7 Å². The number of carbonyl (C=O) groups excluding carboxylic acids is 4. The number of carbonyl (C=O) groups is 4. The summed E-state index contributed by atoms with van der Waals surface area (Å²) < 4.78 is 99.2. The number of benzene rings is 3. The second-order valence-electron chi connectivity index (χ2n) is 34.3. The van der Waals surface area contributed by atoms with Gasteiger partial charge in [-0.1, -0.05) is 121 Å². The Labute approximate surface area is 668 Å². The van der Waals surface area contributed by atoms with Gasteiger partial charge in [-0.3, -0.25) is 33.5 Å². The van der Waals surface area contributed by atoms with Crippen LogP contribution in [0.4, 0.5) is 0 Å². The summed E-state index contributed by atoms with van der Waals surface area (Å²) in [6, 6.07) is 20.6. The summed E-state index contributed by atoms with van der Waals surface area (Å²) in [7, 11) is -0.104. The molecule has 0 amide bonds. The Balaban J connectivity index is 0.000000232. The Morgan fingerprint density at radius 3 is 1.42 bits per heavy atom. The molecular formula is C84H128Cl2N2O22S. The maximum absolute atomic E-state index is 14.2. The number of halogens is 2. The van der Waals surface area contributed by atoms with Gasteiger partial charge in [0, 0.05) is 72.1 Å². The van der Waals surface area contributed by atoms with E-state index in [1.165, 1.54) is 38.8 Å². The van der Waals surface area contributed by atoms with Crippen molar-refractivity contribution in [3.05, 3.63) is 99.5 Å². The van der Waals surface area contributed by atoms with Crippen LogP contribution < -0.4 is 0 Å². The van der Waals surface area contributed by atoms with E-state index in [1.807, 2.05) is 146 Å². The molecule has 0 aromatic heterocycles. The van der Waals surface area contributed by atoms with Crippen LogP contribution in [0, 0.1) is 54.3 Å². The Morgan fingerprint density at radius 2 is 1.04 bits per heavy atom. The van der Waals surface area contributed by atoms with Gasteiger partial charge in [-0.2, -0.15) is 8.42 Å². The van der Waals surface area contributed by atoms with Crippen molar-refractivity contribution in [2.24, 2.45) is 47.3 Å². The molecule has 8 fully saturated rings. The van der Waals surface area contributed by atoms with Crippen molar-refractivity contribution in [3.8, 4) is 0 Å². The molecule has 24 nitrogen and oxygen atoms in total. The number of nitrogens with zero attached hydrogens (tertiary/aromatic N) is 2.